The van der Waals surface area contributed by atoms with Crippen molar-refractivity contribution >= 4 is 24.0 Å². The van der Waals surface area contributed by atoms with Crippen LogP contribution in [0.3, 0.4) is 0 Å². The molecule has 0 bridgehead atoms. The Morgan fingerprint density at radius 2 is 2.05 bits per heavy atom. The van der Waals surface area contributed by atoms with Crippen molar-refractivity contribution in [3.05, 3.63) is 24.3 Å². The number of para-hydroxylation sites is 2. The highest BCUT2D eigenvalue weighted by Gasteiger charge is 2.32. The van der Waals surface area contributed by atoms with Crippen LogP contribution < -0.4 is 15.4 Å². The third-order valence-electron chi connectivity index (χ3n) is 2.80. The Balaban J connectivity index is 0.00000200. The predicted octanol–water partition coefficient (Wildman–Crippen LogP) is 2.55. The van der Waals surface area contributed by atoms with Gasteiger partial charge >= 0.3 is 6.36 Å². The summed E-state index contributed by atoms with van der Waals surface area (Å²) in [6.07, 6.45) is -4.11. The SMILES string of the molecule is Cl.O=C(Nc1ccccc1OC(F)(F)F)C1CCNC1. The average molecular weight is 311 g/mol. The summed E-state index contributed by atoms with van der Waals surface area (Å²) >= 11 is 0. The molecule has 2 rings (SSSR count). The first-order chi connectivity index (χ1) is 8.96. The number of halogens is 4. The van der Waals surface area contributed by atoms with Gasteiger partial charge in [-0.05, 0) is 25.1 Å². The summed E-state index contributed by atoms with van der Waals surface area (Å²) in [5.74, 6) is -0.934. The van der Waals surface area contributed by atoms with Gasteiger partial charge in [-0.2, -0.15) is 0 Å². The van der Waals surface area contributed by atoms with Crippen molar-refractivity contribution in [2.24, 2.45) is 5.92 Å². The second-order valence-corrected chi connectivity index (χ2v) is 4.22. The summed E-state index contributed by atoms with van der Waals surface area (Å²) < 4.78 is 40.5. The molecule has 1 unspecified atom stereocenters. The number of rotatable bonds is 3. The molecule has 0 aliphatic carbocycles. The molecule has 20 heavy (non-hydrogen) atoms. The first-order valence-electron chi connectivity index (χ1n) is 5.82. The molecule has 1 saturated heterocycles. The number of ether oxygens (including phenoxy) is 1. The lowest BCUT2D eigenvalue weighted by Gasteiger charge is -2.15. The number of carbonyl (C=O) groups is 1. The Hall–Kier alpha value is -1.47. The number of hydrogen-bond acceptors (Lipinski definition) is 3. The fourth-order valence-electron chi connectivity index (χ4n) is 1.90. The Kier molecular flexibility index (Phi) is 5.64. The monoisotopic (exact) mass is 310 g/mol. The average Bonchev–Trinajstić information content (AvgIpc) is 2.83. The van der Waals surface area contributed by atoms with E-state index in [9.17, 15) is 18.0 Å². The fraction of sp³-hybridized carbons (Fsp3) is 0.417. The van der Waals surface area contributed by atoms with E-state index in [1.807, 2.05) is 0 Å². The van der Waals surface area contributed by atoms with E-state index in [0.29, 0.717) is 13.0 Å². The number of benzene rings is 1. The molecule has 1 atom stereocenters. The van der Waals surface area contributed by atoms with Crippen molar-refractivity contribution in [2.75, 3.05) is 18.4 Å². The van der Waals surface area contributed by atoms with E-state index in [0.717, 1.165) is 12.6 Å². The minimum absolute atomic E-state index is 0. The molecule has 1 heterocycles. The van der Waals surface area contributed by atoms with Crippen LogP contribution in [0.15, 0.2) is 24.3 Å². The van der Waals surface area contributed by atoms with E-state index in [1.54, 1.807) is 0 Å². The normalized spacial score (nSPS) is 18.2. The molecular formula is C12H14ClF3N2O2. The smallest absolute Gasteiger partial charge is 0.404 e. The van der Waals surface area contributed by atoms with E-state index >= 15 is 0 Å². The molecule has 0 radical (unpaired) electrons. The Morgan fingerprint density at radius 3 is 2.65 bits per heavy atom. The zero-order chi connectivity index (χ0) is 13.9. The van der Waals surface area contributed by atoms with E-state index in [1.165, 1.54) is 18.2 Å². The van der Waals surface area contributed by atoms with E-state index in [2.05, 4.69) is 15.4 Å². The van der Waals surface area contributed by atoms with Gasteiger partial charge in [0.1, 0.15) is 0 Å². The van der Waals surface area contributed by atoms with Gasteiger partial charge in [0.05, 0.1) is 11.6 Å². The fourth-order valence-corrected chi connectivity index (χ4v) is 1.90. The van der Waals surface area contributed by atoms with Gasteiger partial charge < -0.3 is 15.4 Å². The van der Waals surface area contributed by atoms with Gasteiger partial charge in [-0.15, -0.1) is 25.6 Å². The lowest BCUT2D eigenvalue weighted by atomic mass is 10.1. The molecule has 112 valence electrons. The summed E-state index contributed by atoms with van der Waals surface area (Å²) in [5, 5.41) is 5.49. The number of hydrogen-bond donors (Lipinski definition) is 2. The quantitative estimate of drug-likeness (QED) is 0.902. The molecule has 1 aromatic rings. The molecule has 2 N–H and O–H groups in total. The summed E-state index contributed by atoms with van der Waals surface area (Å²) in [6.45, 7) is 1.27. The number of alkyl halides is 3. The van der Waals surface area contributed by atoms with Crippen LogP contribution in [0.25, 0.3) is 0 Å². The number of anilines is 1. The van der Waals surface area contributed by atoms with Gasteiger partial charge in [0.25, 0.3) is 0 Å². The summed E-state index contributed by atoms with van der Waals surface area (Å²) in [5.41, 5.74) is 0.0247. The standard InChI is InChI=1S/C12H13F3N2O2.ClH/c13-12(14,15)19-10-4-2-1-3-9(10)17-11(18)8-5-6-16-7-8;/h1-4,8,16H,5-7H2,(H,17,18);1H. The molecule has 0 aromatic heterocycles. The third-order valence-corrected chi connectivity index (χ3v) is 2.80. The van der Waals surface area contributed by atoms with Gasteiger partial charge in [-0.25, -0.2) is 0 Å². The van der Waals surface area contributed by atoms with Crippen LogP contribution in [0.1, 0.15) is 6.42 Å². The Morgan fingerprint density at radius 1 is 1.35 bits per heavy atom. The second kappa shape index (κ2) is 6.81. The highest BCUT2D eigenvalue weighted by molar-refractivity contribution is 5.94. The second-order valence-electron chi connectivity index (χ2n) is 4.22. The van der Waals surface area contributed by atoms with Crippen LogP contribution in [-0.2, 0) is 4.79 Å². The van der Waals surface area contributed by atoms with Gasteiger partial charge in [-0.1, -0.05) is 12.1 Å². The lowest BCUT2D eigenvalue weighted by Crippen LogP contribution is -2.25. The molecule has 0 saturated carbocycles. The maximum absolute atomic E-state index is 12.2. The highest BCUT2D eigenvalue weighted by Crippen LogP contribution is 2.30. The molecule has 1 amide bonds. The molecular weight excluding hydrogens is 297 g/mol. The maximum Gasteiger partial charge on any atom is 0.573 e. The van der Waals surface area contributed by atoms with Crippen molar-refractivity contribution in [1.29, 1.82) is 0 Å². The summed E-state index contributed by atoms with van der Waals surface area (Å²) in [6, 6.07) is 5.48. The van der Waals surface area contributed by atoms with Crippen LogP contribution in [0.4, 0.5) is 18.9 Å². The van der Waals surface area contributed by atoms with E-state index < -0.39 is 12.1 Å². The molecule has 4 nitrogen and oxygen atoms in total. The van der Waals surface area contributed by atoms with E-state index in [4.69, 9.17) is 0 Å². The van der Waals surface area contributed by atoms with Crippen molar-refractivity contribution < 1.29 is 22.7 Å². The molecule has 1 aliphatic rings. The van der Waals surface area contributed by atoms with Crippen LogP contribution in [0, 0.1) is 5.92 Å². The van der Waals surface area contributed by atoms with Crippen LogP contribution in [0.5, 0.6) is 5.75 Å². The van der Waals surface area contributed by atoms with Crippen molar-refractivity contribution in [1.82, 2.24) is 5.32 Å². The summed E-state index contributed by atoms with van der Waals surface area (Å²) in [4.78, 5) is 11.8. The number of carbonyl (C=O) groups excluding carboxylic acids is 1. The Labute approximate surface area is 120 Å². The minimum Gasteiger partial charge on any atom is -0.404 e. The zero-order valence-electron chi connectivity index (χ0n) is 10.4. The van der Waals surface area contributed by atoms with Crippen LogP contribution in [-0.4, -0.2) is 25.4 Å². The number of nitrogens with one attached hydrogen (secondary N) is 2. The predicted molar refractivity (Wildman–Crippen MR) is 70.0 cm³/mol. The third kappa shape index (κ3) is 4.57. The summed E-state index contributed by atoms with van der Waals surface area (Å²) in [7, 11) is 0. The van der Waals surface area contributed by atoms with Crippen molar-refractivity contribution in [3.63, 3.8) is 0 Å². The van der Waals surface area contributed by atoms with Crippen LogP contribution in [0.2, 0.25) is 0 Å². The van der Waals surface area contributed by atoms with Crippen LogP contribution >= 0.6 is 12.4 Å². The molecule has 0 spiro atoms. The Bertz CT molecular complexity index is 462. The maximum atomic E-state index is 12.2. The van der Waals surface area contributed by atoms with Gasteiger partial charge in [0, 0.05) is 6.54 Å². The van der Waals surface area contributed by atoms with Crippen molar-refractivity contribution in [2.45, 2.75) is 12.8 Å². The first kappa shape index (κ1) is 16.6. The van der Waals surface area contributed by atoms with Crippen molar-refractivity contribution in [3.8, 4) is 5.75 Å². The van der Waals surface area contributed by atoms with Gasteiger partial charge in [0.15, 0.2) is 5.75 Å². The topological polar surface area (TPSA) is 50.4 Å². The number of amides is 1. The minimum atomic E-state index is -4.78. The first-order valence-corrected chi connectivity index (χ1v) is 5.82. The molecule has 1 aromatic carbocycles. The molecule has 1 aliphatic heterocycles. The van der Waals surface area contributed by atoms with E-state index in [-0.39, 0.29) is 29.9 Å². The molecule has 1 fully saturated rings. The highest BCUT2D eigenvalue weighted by atomic mass is 35.5. The largest absolute Gasteiger partial charge is 0.573 e. The molecule has 8 heteroatoms. The van der Waals surface area contributed by atoms with Gasteiger partial charge in [-0.3, -0.25) is 4.79 Å². The zero-order valence-corrected chi connectivity index (χ0v) is 11.2. The van der Waals surface area contributed by atoms with Gasteiger partial charge in [0.2, 0.25) is 5.91 Å². The lowest BCUT2D eigenvalue weighted by molar-refractivity contribution is -0.274.